The molecule has 8 nitrogen and oxygen atoms in total. The zero-order chi connectivity index (χ0) is 23.5. The second-order valence-corrected chi connectivity index (χ2v) is 7.35. The molecule has 4 aromatic rings. The molecule has 0 radical (unpaired) electrons. The van der Waals surface area contributed by atoms with Gasteiger partial charge in [0.2, 0.25) is 5.75 Å². The molecule has 9 heteroatoms. The van der Waals surface area contributed by atoms with E-state index in [-0.39, 0.29) is 5.82 Å². The van der Waals surface area contributed by atoms with Crippen LogP contribution in [0.5, 0.6) is 28.7 Å². The maximum Gasteiger partial charge on any atom is 0.323 e. The standard InChI is InChI=1S/C25H20FN3O5/c1-31-21-14-19-22(24-23(21)32-12-13-33-24)20(10-11-27-19)34-18-8-6-17(7-9-18)29-25(30)28-16-4-2-15(26)3-5-16/h2-11,14H,12-13H2,1H3,(H2,28,29,30). The Bertz CT molecular complexity index is 1340. The van der Waals surface area contributed by atoms with Gasteiger partial charge in [-0.2, -0.15) is 0 Å². The van der Waals surface area contributed by atoms with Crippen molar-refractivity contribution in [2.24, 2.45) is 0 Å². The number of nitrogens with zero attached hydrogens (tertiary/aromatic N) is 1. The van der Waals surface area contributed by atoms with E-state index in [0.29, 0.717) is 64.2 Å². The number of fused-ring (bicyclic) bond motifs is 3. The topological polar surface area (TPSA) is 90.9 Å². The number of rotatable bonds is 5. The molecule has 0 fully saturated rings. The van der Waals surface area contributed by atoms with Crippen LogP contribution >= 0.6 is 0 Å². The van der Waals surface area contributed by atoms with Gasteiger partial charge < -0.3 is 29.6 Å². The van der Waals surface area contributed by atoms with Gasteiger partial charge in [-0.3, -0.25) is 4.98 Å². The fourth-order valence-electron chi connectivity index (χ4n) is 3.57. The third kappa shape index (κ3) is 4.36. The summed E-state index contributed by atoms with van der Waals surface area (Å²) in [5.74, 6) is 2.32. The minimum atomic E-state index is -0.446. The van der Waals surface area contributed by atoms with Crippen molar-refractivity contribution in [2.75, 3.05) is 31.0 Å². The lowest BCUT2D eigenvalue weighted by Gasteiger charge is -2.23. The van der Waals surface area contributed by atoms with E-state index >= 15 is 0 Å². The van der Waals surface area contributed by atoms with E-state index in [1.54, 1.807) is 49.7 Å². The number of hydrogen-bond donors (Lipinski definition) is 2. The summed E-state index contributed by atoms with van der Waals surface area (Å²) in [7, 11) is 1.56. The molecule has 1 aliphatic rings. The normalized spacial score (nSPS) is 12.2. The van der Waals surface area contributed by atoms with Crippen molar-refractivity contribution in [2.45, 2.75) is 0 Å². The highest BCUT2D eigenvalue weighted by Gasteiger charge is 2.24. The molecule has 2 N–H and O–H groups in total. The van der Waals surface area contributed by atoms with Crippen molar-refractivity contribution in [1.29, 1.82) is 0 Å². The van der Waals surface area contributed by atoms with Crippen LogP contribution in [0.1, 0.15) is 0 Å². The number of methoxy groups -OCH3 is 1. The Hall–Kier alpha value is -4.53. The molecule has 2 amide bonds. The van der Waals surface area contributed by atoms with Crippen molar-refractivity contribution in [3.63, 3.8) is 0 Å². The number of ether oxygens (including phenoxy) is 4. The highest BCUT2D eigenvalue weighted by Crippen LogP contribution is 2.48. The van der Waals surface area contributed by atoms with E-state index < -0.39 is 6.03 Å². The highest BCUT2D eigenvalue weighted by atomic mass is 19.1. The first-order chi connectivity index (χ1) is 16.6. The number of carbonyl (C=O) groups is 1. The summed E-state index contributed by atoms with van der Waals surface area (Å²) < 4.78 is 36.2. The summed E-state index contributed by atoms with van der Waals surface area (Å²) in [5, 5.41) is 6.04. The largest absolute Gasteiger partial charge is 0.493 e. The molecule has 0 saturated carbocycles. The quantitative estimate of drug-likeness (QED) is 0.403. The lowest BCUT2D eigenvalue weighted by atomic mass is 10.1. The molecule has 0 unspecified atom stereocenters. The molecule has 5 rings (SSSR count). The van der Waals surface area contributed by atoms with E-state index in [2.05, 4.69) is 15.6 Å². The van der Waals surface area contributed by atoms with Gasteiger partial charge in [-0.15, -0.1) is 0 Å². The Morgan fingerprint density at radius 1 is 0.912 bits per heavy atom. The molecule has 2 heterocycles. The number of amides is 2. The molecule has 0 saturated heterocycles. The monoisotopic (exact) mass is 461 g/mol. The lowest BCUT2D eigenvalue weighted by molar-refractivity contribution is 0.167. The minimum absolute atomic E-state index is 0.373. The smallest absolute Gasteiger partial charge is 0.323 e. The van der Waals surface area contributed by atoms with Gasteiger partial charge in [0.05, 0.1) is 18.0 Å². The van der Waals surface area contributed by atoms with Crippen molar-refractivity contribution >= 4 is 28.3 Å². The van der Waals surface area contributed by atoms with Crippen molar-refractivity contribution in [1.82, 2.24) is 4.98 Å². The van der Waals surface area contributed by atoms with Gasteiger partial charge in [0, 0.05) is 23.6 Å². The van der Waals surface area contributed by atoms with Gasteiger partial charge in [0.15, 0.2) is 11.5 Å². The fraction of sp³-hybridized carbons (Fsp3) is 0.120. The second-order valence-electron chi connectivity index (χ2n) is 7.35. The number of aromatic nitrogens is 1. The number of anilines is 2. The molecular weight excluding hydrogens is 441 g/mol. The first-order valence-corrected chi connectivity index (χ1v) is 10.5. The number of halogens is 1. The molecule has 34 heavy (non-hydrogen) atoms. The molecule has 0 aliphatic carbocycles. The summed E-state index contributed by atoms with van der Waals surface area (Å²) in [5.41, 5.74) is 1.69. The van der Waals surface area contributed by atoms with Gasteiger partial charge in [0.25, 0.3) is 0 Å². The Balaban J connectivity index is 1.34. The highest BCUT2D eigenvalue weighted by molar-refractivity contribution is 5.99. The molecule has 172 valence electrons. The van der Waals surface area contributed by atoms with E-state index in [9.17, 15) is 9.18 Å². The van der Waals surface area contributed by atoms with Crippen molar-refractivity contribution in [3.8, 4) is 28.7 Å². The summed E-state index contributed by atoms with van der Waals surface area (Å²) in [4.78, 5) is 16.6. The van der Waals surface area contributed by atoms with Gasteiger partial charge in [0.1, 0.15) is 30.5 Å². The molecule has 3 aromatic carbocycles. The van der Waals surface area contributed by atoms with Crippen LogP contribution in [0.15, 0.2) is 66.9 Å². The van der Waals surface area contributed by atoms with Gasteiger partial charge in [-0.1, -0.05) is 0 Å². The van der Waals surface area contributed by atoms with Crippen LogP contribution in [0.3, 0.4) is 0 Å². The number of pyridine rings is 1. The number of carbonyl (C=O) groups excluding carboxylic acids is 1. The molecule has 0 atom stereocenters. The van der Waals surface area contributed by atoms with E-state index in [4.69, 9.17) is 18.9 Å². The summed E-state index contributed by atoms with van der Waals surface area (Å²) in [6, 6.07) is 15.5. The number of benzene rings is 3. The molecule has 1 aliphatic heterocycles. The van der Waals surface area contributed by atoms with Crippen LogP contribution in [0, 0.1) is 5.82 Å². The van der Waals surface area contributed by atoms with Crippen LogP contribution in [0.25, 0.3) is 10.9 Å². The van der Waals surface area contributed by atoms with Crippen molar-refractivity contribution in [3.05, 3.63) is 72.7 Å². The van der Waals surface area contributed by atoms with Gasteiger partial charge in [-0.25, -0.2) is 9.18 Å². The molecule has 0 spiro atoms. The van der Waals surface area contributed by atoms with Crippen molar-refractivity contribution < 1.29 is 28.1 Å². The van der Waals surface area contributed by atoms with Crippen LogP contribution in [-0.4, -0.2) is 31.3 Å². The number of hydrogen-bond acceptors (Lipinski definition) is 6. The first kappa shape index (κ1) is 21.3. The fourth-order valence-corrected chi connectivity index (χ4v) is 3.57. The number of urea groups is 1. The maximum atomic E-state index is 13.0. The van der Waals surface area contributed by atoms with E-state index in [1.807, 2.05) is 0 Å². The zero-order valence-corrected chi connectivity index (χ0v) is 18.1. The van der Waals surface area contributed by atoms with Gasteiger partial charge >= 0.3 is 6.03 Å². The predicted molar refractivity (Wildman–Crippen MR) is 125 cm³/mol. The second kappa shape index (κ2) is 9.14. The lowest BCUT2D eigenvalue weighted by Crippen LogP contribution is -2.19. The Morgan fingerprint density at radius 3 is 2.24 bits per heavy atom. The average molecular weight is 461 g/mol. The predicted octanol–water partition coefficient (Wildman–Crippen LogP) is 5.59. The summed E-state index contributed by atoms with van der Waals surface area (Å²) >= 11 is 0. The van der Waals surface area contributed by atoms with Crippen LogP contribution in [0.4, 0.5) is 20.6 Å². The Kier molecular flexibility index (Phi) is 5.73. The Morgan fingerprint density at radius 2 is 1.56 bits per heavy atom. The molecule has 1 aromatic heterocycles. The third-order valence-electron chi connectivity index (χ3n) is 5.11. The van der Waals surface area contributed by atoms with Crippen LogP contribution in [0.2, 0.25) is 0 Å². The average Bonchev–Trinajstić information content (AvgIpc) is 2.86. The number of nitrogens with one attached hydrogen (secondary N) is 2. The molecule has 0 bridgehead atoms. The minimum Gasteiger partial charge on any atom is -0.493 e. The van der Waals surface area contributed by atoms with Crippen LogP contribution in [-0.2, 0) is 0 Å². The van der Waals surface area contributed by atoms with Gasteiger partial charge in [-0.05, 0) is 54.6 Å². The SMILES string of the molecule is COc1cc2nccc(Oc3ccc(NC(=O)Nc4ccc(F)cc4)cc3)c2c2c1OCCO2. The summed E-state index contributed by atoms with van der Waals surface area (Å²) in [6.45, 7) is 0.832. The molecular formula is C25H20FN3O5. The zero-order valence-electron chi connectivity index (χ0n) is 18.1. The third-order valence-corrected chi connectivity index (χ3v) is 5.11. The van der Waals surface area contributed by atoms with E-state index in [1.165, 1.54) is 24.3 Å². The Labute approximate surface area is 194 Å². The van der Waals surface area contributed by atoms with Crippen LogP contribution < -0.4 is 29.6 Å². The first-order valence-electron chi connectivity index (χ1n) is 10.5. The summed E-state index contributed by atoms with van der Waals surface area (Å²) in [6.07, 6.45) is 1.64. The van der Waals surface area contributed by atoms with E-state index in [0.717, 1.165) is 0 Å². The maximum absolute atomic E-state index is 13.0.